The van der Waals surface area contributed by atoms with Crippen LogP contribution in [0.15, 0.2) is 0 Å². The molecule has 0 bridgehead atoms. The lowest BCUT2D eigenvalue weighted by Gasteiger charge is -2.40. The molecule has 0 aromatic carbocycles. The van der Waals surface area contributed by atoms with Crippen LogP contribution in [-0.2, 0) is 0 Å². The van der Waals surface area contributed by atoms with Gasteiger partial charge in [-0.05, 0) is 71.1 Å². The highest BCUT2D eigenvalue weighted by molar-refractivity contribution is 5.74. The molecule has 5 atom stereocenters. The minimum atomic E-state index is -0.170. The zero-order valence-corrected chi connectivity index (χ0v) is 17.2. The molecule has 3 fully saturated rings. The first-order valence-corrected chi connectivity index (χ1v) is 11.0. The van der Waals surface area contributed by atoms with Crippen molar-refractivity contribution in [1.82, 2.24) is 31.5 Å². The molecule has 27 heavy (non-hydrogen) atoms. The van der Waals surface area contributed by atoms with Gasteiger partial charge in [-0.15, -0.1) is 0 Å². The maximum atomic E-state index is 12.5. The van der Waals surface area contributed by atoms with Crippen LogP contribution in [0.3, 0.4) is 0 Å². The lowest BCUT2D eigenvalue weighted by molar-refractivity contribution is 0.142. The van der Waals surface area contributed by atoms with E-state index in [1.807, 2.05) is 0 Å². The third-order valence-corrected chi connectivity index (χ3v) is 6.47. The Bertz CT molecular complexity index is 460. The Kier molecular flexibility index (Phi) is 8.18. The van der Waals surface area contributed by atoms with Gasteiger partial charge in [0.1, 0.15) is 6.29 Å². The van der Waals surface area contributed by atoms with Crippen molar-refractivity contribution in [3.05, 3.63) is 0 Å². The Labute approximate surface area is 164 Å². The zero-order chi connectivity index (χ0) is 19.1. The van der Waals surface area contributed by atoms with Crippen LogP contribution in [0.5, 0.6) is 0 Å². The number of hydrogen-bond acceptors (Lipinski definition) is 5. The summed E-state index contributed by atoms with van der Waals surface area (Å²) in [6.45, 7) is 2.97. The van der Waals surface area contributed by atoms with Gasteiger partial charge >= 0.3 is 6.03 Å². The molecule has 3 rings (SSSR count). The summed E-state index contributed by atoms with van der Waals surface area (Å²) >= 11 is 0. The van der Waals surface area contributed by atoms with Gasteiger partial charge in [0, 0.05) is 12.6 Å². The number of hydrogen-bond donors (Lipinski definition) is 5. The van der Waals surface area contributed by atoms with Crippen LogP contribution in [0.1, 0.15) is 57.8 Å². The molecule has 1 heterocycles. The number of nitrogens with zero attached hydrogens (tertiary/aromatic N) is 1. The summed E-state index contributed by atoms with van der Waals surface area (Å²) in [4.78, 5) is 14.7. The normalized spacial score (nSPS) is 34.1. The number of urea groups is 1. The van der Waals surface area contributed by atoms with E-state index in [0.29, 0.717) is 6.04 Å². The summed E-state index contributed by atoms with van der Waals surface area (Å²) in [6, 6.07) is 0.292. The highest BCUT2D eigenvalue weighted by Gasteiger charge is 2.33. The van der Waals surface area contributed by atoms with Gasteiger partial charge in [0.2, 0.25) is 0 Å². The van der Waals surface area contributed by atoms with Crippen LogP contribution in [-0.4, -0.2) is 63.2 Å². The average Bonchev–Trinajstić information content (AvgIpc) is 2.65. The molecule has 1 saturated heterocycles. The third-order valence-electron chi connectivity index (χ3n) is 6.47. The lowest BCUT2D eigenvalue weighted by atomic mass is 9.69. The molecule has 2 aliphatic carbocycles. The van der Waals surface area contributed by atoms with Crippen molar-refractivity contribution in [3.63, 3.8) is 0 Å². The molecule has 0 spiro atoms. The Morgan fingerprint density at radius 2 is 1.85 bits per heavy atom. The van der Waals surface area contributed by atoms with Crippen LogP contribution in [0.25, 0.3) is 0 Å². The number of rotatable bonds is 7. The minimum Gasteiger partial charge on any atom is -0.335 e. The second-order valence-corrected chi connectivity index (χ2v) is 8.94. The topological polar surface area (TPSA) is 80.5 Å². The van der Waals surface area contributed by atoms with Gasteiger partial charge in [-0.2, -0.15) is 0 Å². The van der Waals surface area contributed by atoms with E-state index in [1.165, 1.54) is 38.5 Å². The van der Waals surface area contributed by atoms with Crippen molar-refractivity contribution < 1.29 is 4.79 Å². The quantitative estimate of drug-likeness (QED) is 0.431. The minimum absolute atomic E-state index is 0.0486. The predicted molar refractivity (Wildman–Crippen MR) is 109 cm³/mol. The highest BCUT2D eigenvalue weighted by atomic mass is 16.2. The molecular weight excluding hydrogens is 340 g/mol. The summed E-state index contributed by atoms with van der Waals surface area (Å²) in [6.07, 6.45) is 11.4. The van der Waals surface area contributed by atoms with Gasteiger partial charge in [-0.3, -0.25) is 10.6 Å². The monoisotopic (exact) mass is 380 g/mol. The van der Waals surface area contributed by atoms with Crippen molar-refractivity contribution >= 4 is 6.03 Å². The van der Waals surface area contributed by atoms with Gasteiger partial charge in [0.05, 0.1) is 6.17 Å². The van der Waals surface area contributed by atoms with Crippen molar-refractivity contribution in [3.8, 4) is 0 Å². The summed E-state index contributed by atoms with van der Waals surface area (Å²) in [5, 5.41) is 16.6. The molecular formula is C20H40N6O. The van der Waals surface area contributed by atoms with Crippen LogP contribution >= 0.6 is 0 Å². The van der Waals surface area contributed by atoms with Gasteiger partial charge in [-0.1, -0.05) is 25.7 Å². The molecule has 7 heteroatoms. The summed E-state index contributed by atoms with van der Waals surface area (Å²) in [5.41, 5.74) is 0. The summed E-state index contributed by atoms with van der Waals surface area (Å²) < 4.78 is 0. The average molecular weight is 381 g/mol. The van der Waals surface area contributed by atoms with E-state index < -0.39 is 0 Å². The SMILES string of the molecule is CN(C)CCCNC1CCNC(NC(=O)NC2CCC3CCCCC3C2)N1. The van der Waals surface area contributed by atoms with Crippen LogP contribution in [0, 0.1) is 11.8 Å². The van der Waals surface area contributed by atoms with E-state index in [9.17, 15) is 4.79 Å². The van der Waals surface area contributed by atoms with Crippen molar-refractivity contribution in [2.24, 2.45) is 11.8 Å². The largest absolute Gasteiger partial charge is 0.335 e. The zero-order valence-electron chi connectivity index (χ0n) is 17.2. The second-order valence-electron chi connectivity index (χ2n) is 8.94. The number of nitrogens with one attached hydrogen (secondary N) is 5. The molecule has 0 aromatic rings. The van der Waals surface area contributed by atoms with E-state index in [-0.39, 0.29) is 18.5 Å². The summed E-state index contributed by atoms with van der Waals surface area (Å²) in [7, 11) is 4.20. The first-order chi connectivity index (χ1) is 13.1. The fourth-order valence-electron chi connectivity index (χ4n) is 5.00. The fraction of sp³-hybridized carbons (Fsp3) is 0.950. The van der Waals surface area contributed by atoms with E-state index in [0.717, 1.165) is 50.7 Å². The van der Waals surface area contributed by atoms with E-state index in [4.69, 9.17) is 0 Å². The predicted octanol–water partition coefficient (Wildman–Crippen LogP) is 1.38. The number of fused-ring (bicyclic) bond motifs is 1. The van der Waals surface area contributed by atoms with Crippen molar-refractivity contribution in [2.45, 2.75) is 76.3 Å². The molecule has 3 aliphatic rings. The van der Waals surface area contributed by atoms with Crippen molar-refractivity contribution in [2.75, 3.05) is 33.7 Å². The molecule has 2 amide bonds. The van der Waals surface area contributed by atoms with Gasteiger partial charge in [-0.25, -0.2) is 4.79 Å². The van der Waals surface area contributed by atoms with Crippen LogP contribution in [0.4, 0.5) is 4.79 Å². The molecule has 0 aromatic heterocycles. The Morgan fingerprint density at radius 1 is 1.04 bits per heavy atom. The van der Waals surface area contributed by atoms with E-state index in [1.54, 1.807) is 0 Å². The van der Waals surface area contributed by atoms with Gasteiger partial charge in [0.15, 0.2) is 0 Å². The molecule has 156 valence electrons. The smallest absolute Gasteiger partial charge is 0.317 e. The lowest BCUT2D eigenvalue weighted by Crippen LogP contribution is -2.66. The maximum absolute atomic E-state index is 12.5. The molecule has 2 saturated carbocycles. The Balaban J connectivity index is 1.33. The molecule has 5 N–H and O–H groups in total. The first kappa shape index (κ1) is 20.8. The molecule has 1 aliphatic heterocycles. The van der Waals surface area contributed by atoms with E-state index >= 15 is 0 Å². The number of carbonyl (C=O) groups excluding carboxylic acids is 1. The number of amides is 2. The van der Waals surface area contributed by atoms with Gasteiger partial charge in [0.25, 0.3) is 0 Å². The molecule has 5 unspecified atom stereocenters. The third kappa shape index (κ3) is 6.89. The second kappa shape index (κ2) is 10.6. The standard InChI is InChI=1S/C20H40N6O/c1-26(2)13-5-11-21-18-10-12-22-19(24-18)25-20(27)23-17-9-8-15-6-3-4-7-16(15)14-17/h15-19,21-22,24H,3-14H2,1-2H3,(H2,23,25,27). The Morgan fingerprint density at radius 3 is 2.67 bits per heavy atom. The van der Waals surface area contributed by atoms with Crippen LogP contribution in [0.2, 0.25) is 0 Å². The highest BCUT2D eigenvalue weighted by Crippen LogP contribution is 2.40. The van der Waals surface area contributed by atoms with Gasteiger partial charge < -0.3 is 20.9 Å². The maximum Gasteiger partial charge on any atom is 0.317 e. The summed E-state index contributed by atoms with van der Waals surface area (Å²) in [5.74, 6) is 1.75. The van der Waals surface area contributed by atoms with E-state index in [2.05, 4.69) is 45.6 Å². The first-order valence-electron chi connectivity index (χ1n) is 11.0. The van der Waals surface area contributed by atoms with Crippen LogP contribution < -0.4 is 26.6 Å². The molecule has 7 nitrogen and oxygen atoms in total. The number of carbonyl (C=O) groups is 1. The Hall–Kier alpha value is -0.890. The molecule has 0 radical (unpaired) electrons. The van der Waals surface area contributed by atoms with Crippen molar-refractivity contribution in [1.29, 1.82) is 0 Å². The fourth-order valence-corrected chi connectivity index (χ4v) is 5.00.